The van der Waals surface area contributed by atoms with E-state index in [1.807, 2.05) is 28.8 Å². The third-order valence-electron chi connectivity index (χ3n) is 4.03. The van der Waals surface area contributed by atoms with Crippen molar-refractivity contribution in [1.82, 2.24) is 9.55 Å². The monoisotopic (exact) mass is 400 g/mol. The third-order valence-corrected chi connectivity index (χ3v) is 5.21. The van der Waals surface area contributed by atoms with E-state index >= 15 is 0 Å². The van der Waals surface area contributed by atoms with Crippen molar-refractivity contribution in [1.29, 1.82) is 0 Å². The van der Waals surface area contributed by atoms with Gasteiger partial charge in [0, 0.05) is 11.8 Å². The Kier molecular flexibility index (Phi) is 6.15. The number of ether oxygens (including phenoxy) is 1. The maximum atomic E-state index is 12.7. The minimum Gasteiger partial charge on any atom is -0.494 e. The molecule has 1 aromatic heterocycles. The van der Waals surface area contributed by atoms with Gasteiger partial charge in [0.05, 0.1) is 34.8 Å². The number of methoxy groups -OCH3 is 1. The Hall–Kier alpha value is -3.07. The van der Waals surface area contributed by atoms with E-state index < -0.39 is 4.92 Å². The Morgan fingerprint density at radius 3 is 2.82 bits per heavy atom. The average molecular weight is 400 g/mol. The van der Waals surface area contributed by atoms with Crippen LogP contribution in [0.1, 0.15) is 13.3 Å². The fourth-order valence-electron chi connectivity index (χ4n) is 2.74. The Bertz CT molecular complexity index is 1020. The molecule has 0 unspecified atom stereocenters. The lowest BCUT2D eigenvalue weighted by molar-refractivity contribution is -0.384. The number of hydrogen-bond acceptors (Lipinski definition) is 6. The smallest absolute Gasteiger partial charge is 0.273 e. The standard InChI is InChI=1S/C19H20N4O4S/c1-3-10-28-19-21-14-6-4-5-7-16(14)22(19)12-18(24)20-15-9-8-13(23(25)26)11-17(15)27-2/h4-9,11H,3,10,12H2,1-2H3,(H,20,24). The molecule has 1 heterocycles. The Balaban J connectivity index is 1.84. The molecule has 8 nitrogen and oxygen atoms in total. The molecule has 146 valence electrons. The lowest BCUT2D eigenvalue weighted by Gasteiger charge is -2.12. The fraction of sp³-hybridized carbons (Fsp3) is 0.263. The van der Waals surface area contributed by atoms with Crippen LogP contribution in [0, 0.1) is 10.1 Å². The van der Waals surface area contributed by atoms with Gasteiger partial charge in [0.15, 0.2) is 5.16 Å². The number of para-hydroxylation sites is 2. The maximum absolute atomic E-state index is 12.7. The quantitative estimate of drug-likeness (QED) is 0.347. The number of anilines is 1. The highest BCUT2D eigenvalue weighted by Crippen LogP contribution is 2.29. The van der Waals surface area contributed by atoms with Crippen molar-refractivity contribution < 1.29 is 14.5 Å². The number of carbonyl (C=O) groups excluding carboxylic acids is 1. The van der Waals surface area contributed by atoms with Crippen LogP contribution in [0.15, 0.2) is 47.6 Å². The van der Waals surface area contributed by atoms with E-state index in [1.165, 1.54) is 25.3 Å². The number of nitrogens with zero attached hydrogens (tertiary/aromatic N) is 3. The van der Waals surface area contributed by atoms with Crippen molar-refractivity contribution in [3.05, 3.63) is 52.6 Å². The molecule has 2 aromatic carbocycles. The van der Waals surface area contributed by atoms with E-state index in [1.54, 1.807) is 11.8 Å². The third kappa shape index (κ3) is 4.25. The second-order valence-corrected chi connectivity index (χ2v) is 7.07. The number of imidazole rings is 1. The van der Waals surface area contributed by atoms with Gasteiger partial charge in [0.2, 0.25) is 5.91 Å². The largest absolute Gasteiger partial charge is 0.494 e. The molecule has 1 N–H and O–H groups in total. The first kappa shape index (κ1) is 19.7. The van der Waals surface area contributed by atoms with Gasteiger partial charge in [-0.2, -0.15) is 0 Å². The van der Waals surface area contributed by atoms with Crippen LogP contribution in [0.25, 0.3) is 11.0 Å². The van der Waals surface area contributed by atoms with Gasteiger partial charge in [-0.1, -0.05) is 30.8 Å². The number of benzene rings is 2. The number of fused-ring (bicyclic) bond motifs is 1. The highest BCUT2D eigenvalue weighted by Gasteiger charge is 2.17. The molecule has 3 rings (SSSR count). The number of aromatic nitrogens is 2. The molecular weight excluding hydrogens is 380 g/mol. The number of carbonyl (C=O) groups is 1. The molecule has 0 bridgehead atoms. The maximum Gasteiger partial charge on any atom is 0.273 e. The Morgan fingerprint density at radius 1 is 1.32 bits per heavy atom. The van der Waals surface area contributed by atoms with Crippen LogP contribution < -0.4 is 10.1 Å². The van der Waals surface area contributed by atoms with Gasteiger partial charge < -0.3 is 14.6 Å². The topological polar surface area (TPSA) is 99.3 Å². The zero-order chi connectivity index (χ0) is 20.1. The van der Waals surface area contributed by atoms with E-state index in [2.05, 4.69) is 17.2 Å². The summed E-state index contributed by atoms with van der Waals surface area (Å²) in [5, 5.41) is 14.5. The number of nitro benzene ring substituents is 1. The summed E-state index contributed by atoms with van der Waals surface area (Å²) in [7, 11) is 1.40. The number of nitro groups is 1. The van der Waals surface area contributed by atoms with Gasteiger partial charge in [-0.15, -0.1) is 0 Å². The number of thioether (sulfide) groups is 1. The van der Waals surface area contributed by atoms with Crippen LogP contribution in [0.5, 0.6) is 5.75 Å². The summed E-state index contributed by atoms with van der Waals surface area (Å²) in [5.74, 6) is 0.869. The fourth-order valence-corrected chi connectivity index (χ4v) is 3.61. The molecule has 0 aliphatic rings. The molecule has 0 saturated heterocycles. The number of rotatable bonds is 8. The molecule has 0 aliphatic heterocycles. The van der Waals surface area contributed by atoms with Crippen LogP contribution in [0.3, 0.4) is 0 Å². The lowest BCUT2D eigenvalue weighted by Crippen LogP contribution is -2.19. The van der Waals surface area contributed by atoms with Crippen LogP contribution in [0.4, 0.5) is 11.4 Å². The van der Waals surface area contributed by atoms with E-state index in [4.69, 9.17) is 4.74 Å². The second-order valence-electron chi connectivity index (χ2n) is 6.01. The van der Waals surface area contributed by atoms with Gasteiger partial charge in [-0.05, 0) is 24.6 Å². The van der Waals surface area contributed by atoms with Crippen molar-refractivity contribution in [2.24, 2.45) is 0 Å². The summed E-state index contributed by atoms with van der Waals surface area (Å²) in [6.45, 7) is 2.17. The summed E-state index contributed by atoms with van der Waals surface area (Å²) in [6.07, 6.45) is 1.00. The van der Waals surface area contributed by atoms with Gasteiger partial charge >= 0.3 is 0 Å². The Morgan fingerprint density at radius 2 is 2.11 bits per heavy atom. The molecule has 28 heavy (non-hydrogen) atoms. The van der Waals surface area contributed by atoms with Gasteiger partial charge in [-0.25, -0.2) is 4.98 Å². The van der Waals surface area contributed by atoms with E-state index in [-0.39, 0.29) is 23.9 Å². The molecule has 0 fully saturated rings. The highest BCUT2D eigenvalue weighted by molar-refractivity contribution is 7.99. The van der Waals surface area contributed by atoms with E-state index in [0.29, 0.717) is 5.69 Å². The Labute approximate surface area is 166 Å². The summed E-state index contributed by atoms with van der Waals surface area (Å²) in [5.41, 5.74) is 1.99. The molecule has 0 aliphatic carbocycles. The molecule has 0 spiro atoms. The van der Waals surface area contributed by atoms with Crippen LogP contribution in [0.2, 0.25) is 0 Å². The van der Waals surface area contributed by atoms with Crippen molar-refractivity contribution >= 4 is 40.1 Å². The molecular formula is C19H20N4O4S. The average Bonchev–Trinajstić information content (AvgIpc) is 3.03. The predicted octanol–water partition coefficient (Wildman–Crippen LogP) is 4.09. The zero-order valence-corrected chi connectivity index (χ0v) is 16.4. The summed E-state index contributed by atoms with van der Waals surface area (Å²) in [4.78, 5) is 27.7. The molecule has 3 aromatic rings. The molecule has 0 atom stereocenters. The first-order chi connectivity index (χ1) is 13.5. The van der Waals surface area contributed by atoms with Crippen molar-refractivity contribution in [2.75, 3.05) is 18.2 Å². The van der Waals surface area contributed by atoms with Crippen molar-refractivity contribution in [3.63, 3.8) is 0 Å². The summed E-state index contributed by atoms with van der Waals surface area (Å²) >= 11 is 1.61. The summed E-state index contributed by atoms with van der Waals surface area (Å²) < 4.78 is 7.05. The number of nitrogens with one attached hydrogen (secondary N) is 1. The molecule has 0 saturated carbocycles. The van der Waals surface area contributed by atoms with Gasteiger partial charge in [0.1, 0.15) is 12.3 Å². The molecule has 1 amide bonds. The first-order valence-corrected chi connectivity index (χ1v) is 9.72. The predicted molar refractivity (Wildman–Crippen MR) is 109 cm³/mol. The molecule has 9 heteroatoms. The molecule has 0 radical (unpaired) electrons. The number of non-ortho nitro benzene ring substituents is 1. The minimum atomic E-state index is -0.511. The SMILES string of the molecule is CCCSc1nc2ccccc2n1CC(=O)Nc1ccc([N+](=O)[O-])cc1OC. The van der Waals surface area contributed by atoms with Gasteiger partial charge in [-0.3, -0.25) is 14.9 Å². The lowest BCUT2D eigenvalue weighted by atomic mass is 10.2. The van der Waals surface area contributed by atoms with E-state index in [0.717, 1.165) is 28.4 Å². The normalized spacial score (nSPS) is 10.8. The van der Waals surface area contributed by atoms with Crippen LogP contribution in [-0.2, 0) is 11.3 Å². The highest BCUT2D eigenvalue weighted by atomic mass is 32.2. The zero-order valence-electron chi connectivity index (χ0n) is 15.5. The van der Waals surface area contributed by atoms with Crippen molar-refractivity contribution in [3.8, 4) is 5.75 Å². The second kappa shape index (κ2) is 8.75. The first-order valence-electron chi connectivity index (χ1n) is 8.73. The van der Waals surface area contributed by atoms with Crippen LogP contribution in [-0.4, -0.2) is 33.2 Å². The number of amides is 1. The van der Waals surface area contributed by atoms with Gasteiger partial charge in [0.25, 0.3) is 5.69 Å². The van der Waals surface area contributed by atoms with Crippen LogP contribution >= 0.6 is 11.8 Å². The van der Waals surface area contributed by atoms with Crippen molar-refractivity contribution in [2.45, 2.75) is 25.0 Å². The number of hydrogen-bond donors (Lipinski definition) is 1. The summed E-state index contributed by atoms with van der Waals surface area (Å²) in [6, 6.07) is 11.7. The van der Waals surface area contributed by atoms with E-state index in [9.17, 15) is 14.9 Å². The minimum absolute atomic E-state index is 0.0761.